The van der Waals surface area contributed by atoms with Gasteiger partial charge in [-0.25, -0.2) is 4.79 Å². The second kappa shape index (κ2) is 7.25. The average molecular weight is 301 g/mol. The molecule has 1 aromatic carbocycles. The van der Waals surface area contributed by atoms with Crippen molar-refractivity contribution in [2.45, 2.75) is 45.1 Å². The summed E-state index contributed by atoms with van der Waals surface area (Å²) in [4.78, 5) is 23.9. The van der Waals surface area contributed by atoms with E-state index in [1.165, 1.54) is 0 Å². The third-order valence-electron chi connectivity index (χ3n) is 4.39. The van der Waals surface area contributed by atoms with E-state index in [4.69, 9.17) is 0 Å². The van der Waals surface area contributed by atoms with Crippen LogP contribution in [0.4, 0.5) is 0 Å². The van der Waals surface area contributed by atoms with Crippen LogP contribution in [-0.2, 0) is 16.0 Å². The largest absolute Gasteiger partial charge is 0.480 e. The average Bonchev–Trinajstić information content (AvgIpc) is 2.47. The van der Waals surface area contributed by atoms with Gasteiger partial charge in [0.2, 0.25) is 5.91 Å². The number of amides is 1. The van der Waals surface area contributed by atoms with Crippen molar-refractivity contribution in [3.05, 3.63) is 48.0 Å². The first-order valence-corrected chi connectivity index (χ1v) is 7.76. The van der Waals surface area contributed by atoms with Gasteiger partial charge < -0.3 is 10.4 Å². The predicted octanol–water partition coefficient (Wildman–Crippen LogP) is 2.94. The van der Waals surface area contributed by atoms with Crippen molar-refractivity contribution in [1.82, 2.24) is 5.32 Å². The predicted molar refractivity (Wildman–Crippen MR) is 85.4 cm³/mol. The monoisotopic (exact) mass is 301 g/mol. The zero-order valence-electron chi connectivity index (χ0n) is 12.9. The lowest BCUT2D eigenvalue weighted by atomic mass is 9.64. The van der Waals surface area contributed by atoms with Crippen LogP contribution < -0.4 is 5.32 Å². The van der Waals surface area contributed by atoms with Gasteiger partial charge in [-0.3, -0.25) is 4.79 Å². The fourth-order valence-corrected chi connectivity index (χ4v) is 2.88. The summed E-state index contributed by atoms with van der Waals surface area (Å²) in [6, 6.07) is 9.06. The highest BCUT2D eigenvalue weighted by Gasteiger charge is 2.44. The summed E-state index contributed by atoms with van der Waals surface area (Å²) in [6.07, 6.45) is 7.23. The molecule has 1 aliphatic rings. The van der Waals surface area contributed by atoms with Gasteiger partial charge in [0.1, 0.15) is 6.04 Å². The van der Waals surface area contributed by atoms with E-state index in [0.717, 1.165) is 24.8 Å². The smallest absolute Gasteiger partial charge is 0.326 e. The molecule has 0 aliphatic heterocycles. The molecule has 1 aromatic rings. The van der Waals surface area contributed by atoms with Crippen molar-refractivity contribution in [2.75, 3.05) is 0 Å². The van der Waals surface area contributed by atoms with E-state index in [1.807, 2.05) is 37.3 Å². The molecular weight excluding hydrogens is 278 g/mol. The summed E-state index contributed by atoms with van der Waals surface area (Å²) >= 11 is 0. The molecule has 1 amide bonds. The molecule has 1 aliphatic carbocycles. The number of benzene rings is 1. The van der Waals surface area contributed by atoms with Crippen LogP contribution >= 0.6 is 0 Å². The first-order chi connectivity index (χ1) is 10.6. The molecule has 0 saturated heterocycles. The van der Waals surface area contributed by atoms with Crippen LogP contribution in [0, 0.1) is 5.41 Å². The molecule has 0 spiro atoms. The Morgan fingerprint density at radius 2 is 2.00 bits per heavy atom. The molecule has 0 bridgehead atoms. The van der Waals surface area contributed by atoms with Crippen molar-refractivity contribution >= 4 is 11.9 Å². The Labute approximate surface area is 131 Å². The lowest BCUT2D eigenvalue weighted by Gasteiger charge is -2.41. The lowest BCUT2D eigenvalue weighted by Crippen LogP contribution is -2.52. The molecule has 118 valence electrons. The Balaban J connectivity index is 2.06. The highest BCUT2D eigenvalue weighted by atomic mass is 16.4. The zero-order chi connectivity index (χ0) is 16.0. The number of carboxylic acids is 1. The number of rotatable bonds is 7. The van der Waals surface area contributed by atoms with E-state index in [-0.39, 0.29) is 5.91 Å². The molecule has 0 aromatic heterocycles. The van der Waals surface area contributed by atoms with Gasteiger partial charge >= 0.3 is 5.97 Å². The van der Waals surface area contributed by atoms with Gasteiger partial charge in [-0.15, -0.1) is 0 Å². The van der Waals surface area contributed by atoms with E-state index in [9.17, 15) is 14.7 Å². The maximum absolute atomic E-state index is 12.6. The van der Waals surface area contributed by atoms with Gasteiger partial charge in [-0.1, -0.05) is 48.9 Å². The third-order valence-corrected chi connectivity index (χ3v) is 4.39. The first-order valence-electron chi connectivity index (χ1n) is 7.76. The van der Waals surface area contributed by atoms with Crippen LogP contribution in [0.3, 0.4) is 0 Å². The summed E-state index contributed by atoms with van der Waals surface area (Å²) in [5.41, 5.74) is 0.683. The van der Waals surface area contributed by atoms with Crippen molar-refractivity contribution < 1.29 is 14.7 Å². The highest BCUT2D eigenvalue weighted by molar-refractivity contribution is 5.88. The number of carboxylic acid groups (broad SMARTS) is 1. The standard InChI is InChI=1S/C18H23NO3/c1-2-3-10-15(16(20)21)19-17(22)18(11-7-12-18)13-14-8-5-4-6-9-14/h2-6,8-9,15H,7,10-13H2,1H3,(H,19,22)(H,20,21)/b3-2+. The quantitative estimate of drug-likeness (QED) is 0.761. The fourth-order valence-electron chi connectivity index (χ4n) is 2.88. The molecule has 22 heavy (non-hydrogen) atoms. The number of aliphatic carboxylic acids is 1. The van der Waals surface area contributed by atoms with Gasteiger partial charge in [0.15, 0.2) is 0 Å². The van der Waals surface area contributed by atoms with E-state index < -0.39 is 17.4 Å². The van der Waals surface area contributed by atoms with E-state index >= 15 is 0 Å². The number of nitrogens with one attached hydrogen (secondary N) is 1. The molecule has 2 rings (SSSR count). The minimum atomic E-state index is -0.986. The Morgan fingerprint density at radius 3 is 2.50 bits per heavy atom. The van der Waals surface area contributed by atoms with Gasteiger partial charge in [-0.05, 0) is 38.2 Å². The van der Waals surface area contributed by atoms with Crippen LogP contribution in [0.5, 0.6) is 0 Å². The second-order valence-corrected chi connectivity index (χ2v) is 5.97. The number of hydrogen-bond acceptors (Lipinski definition) is 2. The number of carbonyl (C=O) groups excluding carboxylic acids is 1. The Morgan fingerprint density at radius 1 is 1.32 bits per heavy atom. The third kappa shape index (κ3) is 3.75. The normalized spacial score (nSPS) is 17.7. The van der Waals surface area contributed by atoms with Crippen molar-refractivity contribution in [3.8, 4) is 0 Å². The second-order valence-electron chi connectivity index (χ2n) is 5.97. The maximum atomic E-state index is 12.6. The zero-order valence-corrected chi connectivity index (χ0v) is 12.9. The Kier molecular flexibility index (Phi) is 5.36. The van der Waals surface area contributed by atoms with E-state index in [2.05, 4.69) is 5.32 Å². The molecule has 1 atom stereocenters. The summed E-state index contributed by atoms with van der Waals surface area (Å²) in [6.45, 7) is 1.84. The molecule has 4 heteroatoms. The first kappa shape index (κ1) is 16.3. The van der Waals surface area contributed by atoms with Crippen LogP contribution in [0.2, 0.25) is 0 Å². The van der Waals surface area contributed by atoms with Crippen LogP contribution in [-0.4, -0.2) is 23.0 Å². The molecule has 0 heterocycles. The minimum absolute atomic E-state index is 0.125. The molecule has 2 N–H and O–H groups in total. The van der Waals surface area contributed by atoms with Gasteiger partial charge in [0, 0.05) is 0 Å². The van der Waals surface area contributed by atoms with Crippen LogP contribution in [0.25, 0.3) is 0 Å². The summed E-state index contributed by atoms with van der Waals surface area (Å²) in [7, 11) is 0. The molecule has 1 fully saturated rings. The van der Waals surface area contributed by atoms with Crippen LogP contribution in [0.15, 0.2) is 42.5 Å². The molecule has 0 radical (unpaired) electrons. The SMILES string of the molecule is C/C=C/CC(NC(=O)C1(Cc2ccccc2)CCC1)C(=O)O. The van der Waals surface area contributed by atoms with E-state index in [0.29, 0.717) is 12.8 Å². The van der Waals surface area contributed by atoms with Gasteiger partial charge in [-0.2, -0.15) is 0 Å². The van der Waals surface area contributed by atoms with Gasteiger partial charge in [0.05, 0.1) is 5.41 Å². The molecule has 4 nitrogen and oxygen atoms in total. The summed E-state index contributed by atoms with van der Waals surface area (Å²) < 4.78 is 0. The number of allylic oxidation sites excluding steroid dienone is 1. The summed E-state index contributed by atoms with van der Waals surface area (Å²) in [5.74, 6) is -1.11. The Hall–Kier alpha value is -2.10. The van der Waals surface area contributed by atoms with Crippen molar-refractivity contribution in [3.63, 3.8) is 0 Å². The lowest BCUT2D eigenvalue weighted by molar-refractivity contribution is -0.145. The van der Waals surface area contributed by atoms with Gasteiger partial charge in [0.25, 0.3) is 0 Å². The molecular formula is C18H23NO3. The minimum Gasteiger partial charge on any atom is -0.480 e. The molecule has 1 unspecified atom stereocenters. The summed E-state index contributed by atoms with van der Waals surface area (Å²) in [5, 5.41) is 12.0. The van der Waals surface area contributed by atoms with Crippen LogP contribution in [0.1, 0.15) is 38.2 Å². The van der Waals surface area contributed by atoms with E-state index in [1.54, 1.807) is 12.2 Å². The highest BCUT2D eigenvalue weighted by Crippen LogP contribution is 2.44. The number of hydrogen-bond donors (Lipinski definition) is 2. The van der Waals surface area contributed by atoms with Crippen molar-refractivity contribution in [2.24, 2.45) is 5.41 Å². The van der Waals surface area contributed by atoms with Crippen molar-refractivity contribution in [1.29, 1.82) is 0 Å². The molecule has 1 saturated carbocycles. The fraction of sp³-hybridized carbons (Fsp3) is 0.444. The topological polar surface area (TPSA) is 66.4 Å². The number of carbonyl (C=O) groups is 2. The maximum Gasteiger partial charge on any atom is 0.326 e. The Bertz CT molecular complexity index is 547.